The fraction of sp³-hybridized carbons (Fsp3) is 0.156. The second-order valence-corrected chi connectivity index (χ2v) is 10.5. The van der Waals surface area contributed by atoms with Crippen molar-refractivity contribution in [2.75, 3.05) is 0 Å². The molecule has 184 valence electrons. The fourth-order valence-corrected chi connectivity index (χ4v) is 5.84. The minimum Gasteiger partial charge on any atom is -0.486 e. The van der Waals surface area contributed by atoms with Crippen LogP contribution in [0.15, 0.2) is 66.9 Å². The lowest BCUT2D eigenvalue weighted by Crippen LogP contribution is -2.06. The highest BCUT2D eigenvalue weighted by Crippen LogP contribution is 2.43. The highest BCUT2D eigenvalue weighted by molar-refractivity contribution is 6.22. The first-order chi connectivity index (χ1) is 18.5. The maximum Gasteiger partial charge on any atom is 0.155 e. The first kappa shape index (κ1) is 21.4. The molecule has 3 aromatic heterocycles. The van der Waals surface area contributed by atoms with Crippen LogP contribution in [0.1, 0.15) is 37.0 Å². The van der Waals surface area contributed by atoms with E-state index in [2.05, 4.69) is 83.4 Å². The zero-order valence-electron chi connectivity index (χ0n) is 21.4. The molecule has 0 saturated carbocycles. The smallest absolute Gasteiger partial charge is 0.155 e. The Bertz CT molecular complexity index is 2080. The monoisotopic (exact) mass is 495 g/mol. The van der Waals surface area contributed by atoms with Gasteiger partial charge >= 0.3 is 0 Å². The first-order valence-corrected chi connectivity index (χ1v) is 13.0. The Hall–Kier alpha value is -4.71. The highest BCUT2D eigenvalue weighted by Gasteiger charge is 2.22. The maximum atomic E-state index is 6.26. The second-order valence-electron chi connectivity index (χ2n) is 10.5. The van der Waals surface area contributed by atoms with E-state index in [0.717, 1.165) is 77.8 Å². The van der Waals surface area contributed by atoms with Crippen LogP contribution in [0, 0.1) is 6.92 Å². The Kier molecular flexibility index (Phi) is 4.30. The minimum absolute atomic E-state index is 0.319. The maximum absolute atomic E-state index is 6.26. The normalized spacial score (nSPS) is 12.9. The van der Waals surface area contributed by atoms with Crippen LogP contribution in [0.2, 0.25) is 0 Å². The van der Waals surface area contributed by atoms with Crippen LogP contribution in [0.25, 0.3) is 66.0 Å². The molecule has 8 rings (SSSR count). The van der Waals surface area contributed by atoms with Gasteiger partial charge in [-0.25, -0.2) is 9.97 Å². The van der Waals surface area contributed by atoms with Crippen molar-refractivity contribution < 1.29 is 4.74 Å². The van der Waals surface area contributed by atoms with Crippen LogP contribution < -0.4 is 4.74 Å². The van der Waals surface area contributed by atoms with E-state index in [1.807, 2.05) is 19.2 Å². The largest absolute Gasteiger partial charge is 0.486 e. The van der Waals surface area contributed by atoms with Gasteiger partial charge in [0, 0.05) is 33.8 Å². The number of aromatic amines is 2. The molecule has 0 bridgehead atoms. The third-order valence-electron chi connectivity index (χ3n) is 7.70. The number of H-pyrrole nitrogens is 2. The number of imidazole rings is 2. The number of hydrogen-bond acceptors (Lipinski definition) is 4. The third-order valence-corrected chi connectivity index (χ3v) is 7.70. The van der Waals surface area contributed by atoms with E-state index >= 15 is 0 Å². The number of aromatic nitrogens is 5. The lowest BCUT2D eigenvalue weighted by Gasteiger charge is -2.22. The standard InChI is InChI=1S/C32H25N5O/c1-16(2)32-36-28-22-9-7-19(14-25(22)27-24(29(28)37-32)5-4-12-33-27)18-6-8-21-20(13-18)15-38-31-23(21)10-11-26-30(31)35-17(3)34-26/h4-14,16H,15H2,1-3H3,(H,34,35)(H,36,37). The zero-order valence-corrected chi connectivity index (χ0v) is 21.4. The number of nitrogens with one attached hydrogen (secondary N) is 2. The summed E-state index contributed by atoms with van der Waals surface area (Å²) in [6.07, 6.45) is 1.86. The molecule has 0 atom stereocenters. The number of pyridine rings is 1. The SMILES string of the molecule is Cc1nc2c3c(ccc2[nH]1)-c1ccc(-c2ccc4c(c2)c2ncccc2c2nc(C(C)C)[nH]c42)cc1CO3. The Balaban J connectivity index is 1.30. The van der Waals surface area contributed by atoms with E-state index < -0.39 is 0 Å². The lowest BCUT2D eigenvalue weighted by atomic mass is 9.92. The third kappa shape index (κ3) is 2.97. The average Bonchev–Trinajstić information content (AvgIpc) is 3.56. The van der Waals surface area contributed by atoms with Gasteiger partial charge in [-0.3, -0.25) is 4.98 Å². The van der Waals surface area contributed by atoms with Crippen molar-refractivity contribution in [2.45, 2.75) is 33.3 Å². The van der Waals surface area contributed by atoms with Crippen LogP contribution in [0.5, 0.6) is 5.75 Å². The molecule has 2 N–H and O–H groups in total. The number of hydrogen-bond donors (Lipinski definition) is 2. The average molecular weight is 496 g/mol. The molecule has 0 amide bonds. The van der Waals surface area contributed by atoms with Crippen LogP contribution in [-0.4, -0.2) is 24.9 Å². The Morgan fingerprint density at radius 3 is 2.53 bits per heavy atom. The number of benzene rings is 4. The van der Waals surface area contributed by atoms with Gasteiger partial charge in [0.2, 0.25) is 0 Å². The molecule has 0 aliphatic carbocycles. The van der Waals surface area contributed by atoms with Crippen LogP contribution in [-0.2, 0) is 6.61 Å². The molecule has 6 nitrogen and oxygen atoms in total. The van der Waals surface area contributed by atoms with E-state index in [-0.39, 0.29) is 0 Å². The zero-order chi connectivity index (χ0) is 25.5. The van der Waals surface area contributed by atoms with Crippen molar-refractivity contribution in [3.05, 3.63) is 84.1 Å². The van der Waals surface area contributed by atoms with Gasteiger partial charge in [0.25, 0.3) is 0 Å². The number of nitrogens with zero attached hydrogens (tertiary/aromatic N) is 3. The molecule has 1 aliphatic heterocycles. The molecular weight excluding hydrogens is 470 g/mol. The number of fused-ring (bicyclic) bond motifs is 11. The van der Waals surface area contributed by atoms with Gasteiger partial charge < -0.3 is 14.7 Å². The lowest BCUT2D eigenvalue weighted by molar-refractivity contribution is 0.305. The predicted octanol–water partition coefficient (Wildman–Crippen LogP) is 7.80. The van der Waals surface area contributed by atoms with Gasteiger partial charge in [-0.1, -0.05) is 38.1 Å². The molecule has 0 unspecified atom stereocenters. The molecule has 4 aromatic carbocycles. The van der Waals surface area contributed by atoms with E-state index in [9.17, 15) is 0 Å². The van der Waals surface area contributed by atoms with Gasteiger partial charge in [-0.05, 0) is 65.6 Å². The number of rotatable bonds is 2. The van der Waals surface area contributed by atoms with Crippen LogP contribution in [0.3, 0.4) is 0 Å². The van der Waals surface area contributed by atoms with Gasteiger partial charge in [0.05, 0.1) is 22.1 Å². The summed E-state index contributed by atoms with van der Waals surface area (Å²) in [5.74, 6) is 3.07. The molecular formula is C32H25N5O. The predicted molar refractivity (Wildman–Crippen MR) is 153 cm³/mol. The molecule has 0 saturated heterocycles. The fourth-order valence-electron chi connectivity index (χ4n) is 5.84. The molecule has 0 spiro atoms. The summed E-state index contributed by atoms with van der Waals surface area (Å²) >= 11 is 0. The van der Waals surface area contributed by atoms with Crippen molar-refractivity contribution in [2.24, 2.45) is 0 Å². The van der Waals surface area contributed by atoms with Crippen molar-refractivity contribution in [3.8, 4) is 28.0 Å². The molecule has 4 heterocycles. The molecule has 0 fully saturated rings. The Morgan fingerprint density at radius 1 is 0.789 bits per heavy atom. The number of aryl methyl sites for hydroxylation is 1. The highest BCUT2D eigenvalue weighted by atomic mass is 16.5. The van der Waals surface area contributed by atoms with Gasteiger partial charge in [0.1, 0.15) is 23.8 Å². The number of ether oxygens (including phenoxy) is 1. The second kappa shape index (κ2) is 7.65. The summed E-state index contributed by atoms with van der Waals surface area (Å²) in [6, 6.07) is 21.6. The van der Waals surface area contributed by atoms with Gasteiger partial charge in [-0.2, -0.15) is 0 Å². The van der Waals surface area contributed by atoms with Crippen molar-refractivity contribution in [3.63, 3.8) is 0 Å². The van der Waals surface area contributed by atoms with Gasteiger partial charge in [-0.15, -0.1) is 0 Å². The van der Waals surface area contributed by atoms with Crippen molar-refractivity contribution in [1.29, 1.82) is 0 Å². The van der Waals surface area contributed by atoms with Crippen molar-refractivity contribution >= 4 is 43.7 Å². The molecule has 38 heavy (non-hydrogen) atoms. The van der Waals surface area contributed by atoms with Crippen molar-refractivity contribution in [1.82, 2.24) is 24.9 Å². The summed E-state index contributed by atoms with van der Waals surface area (Å²) in [5.41, 5.74) is 10.7. The summed E-state index contributed by atoms with van der Waals surface area (Å²) in [7, 11) is 0. The van der Waals surface area contributed by atoms with Crippen LogP contribution >= 0.6 is 0 Å². The van der Waals surface area contributed by atoms with E-state index in [1.165, 1.54) is 11.1 Å². The summed E-state index contributed by atoms with van der Waals surface area (Å²) < 4.78 is 6.26. The minimum atomic E-state index is 0.319. The quantitative estimate of drug-likeness (QED) is 0.240. The molecule has 1 aliphatic rings. The molecule has 7 aromatic rings. The van der Waals surface area contributed by atoms with E-state index in [4.69, 9.17) is 14.7 Å². The first-order valence-electron chi connectivity index (χ1n) is 13.0. The van der Waals surface area contributed by atoms with E-state index in [0.29, 0.717) is 12.5 Å². The summed E-state index contributed by atoms with van der Waals surface area (Å²) in [6.45, 7) is 6.81. The summed E-state index contributed by atoms with van der Waals surface area (Å²) in [4.78, 5) is 21.3. The molecule has 0 radical (unpaired) electrons. The molecule has 6 heteroatoms. The topological polar surface area (TPSA) is 79.5 Å². The Morgan fingerprint density at radius 2 is 1.63 bits per heavy atom. The van der Waals surface area contributed by atoms with E-state index in [1.54, 1.807) is 0 Å². The Labute approximate surface area is 218 Å². The van der Waals surface area contributed by atoms with Crippen LogP contribution in [0.4, 0.5) is 0 Å². The summed E-state index contributed by atoms with van der Waals surface area (Å²) in [5, 5.41) is 3.34. The van der Waals surface area contributed by atoms with Gasteiger partial charge in [0.15, 0.2) is 5.75 Å².